The number of tetrazole rings is 1. The number of aromatic amines is 1. The van der Waals surface area contributed by atoms with Crippen molar-refractivity contribution in [2.24, 2.45) is 0 Å². The molecule has 0 aliphatic carbocycles. The Bertz CT molecular complexity index is 980. The van der Waals surface area contributed by atoms with E-state index >= 15 is 0 Å². The van der Waals surface area contributed by atoms with Crippen LogP contribution >= 0.6 is 0 Å². The number of hydrogen-bond donors (Lipinski definition) is 2. The molecule has 0 aliphatic rings. The zero-order valence-electron chi connectivity index (χ0n) is 12.8. The number of carboxylic acids is 1. The number of rotatable bonds is 6. The lowest BCUT2D eigenvalue weighted by Gasteiger charge is -2.11. The molecular formula is C15H12N6O4. The monoisotopic (exact) mass is 340 g/mol. The smallest absolute Gasteiger partial charge is 0.342 e. The third-order valence-corrected chi connectivity index (χ3v) is 3.21. The quantitative estimate of drug-likeness (QED) is 0.625. The van der Waals surface area contributed by atoms with Gasteiger partial charge in [0, 0.05) is 11.8 Å². The number of carboxylic acid groups (broad SMARTS) is 1. The largest absolute Gasteiger partial charge is 0.487 e. The molecule has 3 aromatic rings. The number of carbonyl (C=O) groups is 1. The van der Waals surface area contributed by atoms with Crippen LogP contribution in [-0.4, -0.2) is 47.9 Å². The summed E-state index contributed by atoms with van der Waals surface area (Å²) in [6.45, 7) is 3.88. The second-order valence-corrected chi connectivity index (χ2v) is 4.82. The predicted molar refractivity (Wildman–Crippen MR) is 85.7 cm³/mol. The molecule has 25 heavy (non-hydrogen) atoms. The van der Waals surface area contributed by atoms with Crippen LogP contribution in [0.15, 0.2) is 48.2 Å². The fraction of sp³-hybridized carbons (Fsp3) is 0.0667. The van der Waals surface area contributed by atoms with Crippen LogP contribution in [0.1, 0.15) is 10.4 Å². The Morgan fingerprint density at radius 2 is 2.28 bits per heavy atom. The summed E-state index contributed by atoms with van der Waals surface area (Å²) in [4.78, 5) is 29.2. The Balaban J connectivity index is 2.07. The van der Waals surface area contributed by atoms with Gasteiger partial charge < -0.3 is 14.8 Å². The third-order valence-electron chi connectivity index (χ3n) is 3.21. The highest BCUT2D eigenvalue weighted by Crippen LogP contribution is 2.27. The minimum absolute atomic E-state index is 0.208. The number of ether oxygens (including phenoxy) is 1. The number of nitrogens with zero attached hydrogens (tertiary/aromatic N) is 5. The zero-order valence-corrected chi connectivity index (χ0v) is 12.8. The Hall–Kier alpha value is -3.82. The van der Waals surface area contributed by atoms with Crippen molar-refractivity contribution < 1.29 is 14.6 Å². The molecule has 0 bridgehead atoms. The van der Waals surface area contributed by atoms with Crippen molar-refractivity contribution in [3.8, 4) is 22.8 Å². The van der Waals surface area contributed by atoms with Gasteiger partial charge in [0.05, 0.1) is 0 Å². The predicted octanol–water partition coefficient (Wildman–Crippen LogP) is 0.676. The van der Waals surface area contributed by atoms with Crippen LogP contribution in [0.4, 0.5) is 0 Å². The van der Waals surface area contributed by atoms with E-state index in [0.717, 1.165) is 6.20 Å². The molecule has 0 saturated carbocycles. The van der Waals surface area contributed by atoms with Crippen LogP contribution < -0.4 is 10.3 Å². The van der Waals surface area contributed by atoms with Gasteiger partial charge in [0.25, 0.3) is 5.56 Å². The minimum atomic E-state index is -1.34. The summed E-state index contributed by atoms with van der Waals surface area (Å²) in [5.41, 5.74) is -0.122. The molecule has 2 aromatic heterocycles. The molecule has 10 nitrogen and oxygen atoms in total. The van der Waals surface area contributed by atoms with Gasteiger partial charge in [-0.1, -0.05) is 12.7 Å². The maximum Gasteiger partial charge on any atom is 0.342 e. The van der Waals surface area contributed by atoms with Crippen LogP contribution in [0.25, 0.3) is 17.1 Å². The van der Waals surface area contributed by atoms with Crippen molar-refractivity contribution in [3.63, 3.8) is 0 Å². The lowest BCUT2D eigenvalue weighted by molar-refractivity contribution is 0.0694. The van der Waals surface area contributed by atoms with E-state index in [0.29, 0.717) is 17.0 Å². The van der Waals surface area contributed by atoms with Crippen LogP contribution in [0.2, 0.25) is 0 Å². The first-order valence-corrected chi connectivity index (χ1v) is 7.04. The SMILES string of the molecule is C=CCOc1ccc(-c2ncc(C(=O)O)c(=O)[nH]2)cc1-n1cnnn1. The van der Waals surface area contributed by atoms with Crippen molar-refractivity contribution in [2.75, 3.05) is 6.61 Å². The van der Waals surface area contributed by atoms with E-state index in [2.05, 4.69) is 32.1 Å². The number of H-pyrrole nitrogens is 1. The average molecular weight is 340 g/mol. The van der Waals surface area contributed by atoms with Crippen molar-refractivity contribution in [1.29, 1.82) is 0 Å². The molecule has 0 aliphatic heterocycles. The summed E-state index contributed by atoms with van der Waals surface area (Å²) in [5, 5.41) is 19.9. The topological polar surface area (TPSA) is 136 Å². The van der Waals surface area contributed by atoms with E-state index < -0.39 is 17.1 Å². The van der Waals surface area contributed by atoms with Crippen molar-refractivity contribution in [2.45, 2.75) is 0 Å². The first-order valence-electron chi connectivity index (χ1n) is 7.04. The molecule has 10 heteroatoms. The molecule has 3 rings (SSSR count). The van der Waals surface area contributed by atoms with Crippen molar-refractivity contribution in [3.05, 3.63) is 59.3 Å². The summed E-state index contributed by atoms with van der Waals surface area (Å²) in [6, 6.07) is 5.00. The van der Waals surface area contributed by atoms with Gasteiger partial charge in [-0.25, -0.2) is 9.78 Å². The molecule has 2 N–H and O–H groups in total. The van der Waals surface area contributed by atoms with E-state index in [-0.39, 0.29) is 12.4 Å². The maximum absolute atomic E-state index is 11.8. The number of aromatic nitrogens is 6. The molecule has 0 amide bonds. The van der Waals surface area contributed by atoms with Crippen molar-refractivity contribution in [1.82, 2.24) is 30.2 Å². The van der Waals surface area contributed by atoms with E-state index in [1.165, 1.54) is 11.0 Å². The van der Waals surface area contributed by atoms with Gasteiger partial charge in [0.2, 0.25) is 0 Å². The van der Waals surface area contributed by atoms with Gasteiger partial charge in [0.15, 0.2) is 0 Å². The number of benzene rings is 1. The Labute approximate surface area is 140 Å². The van der Waals surface area contributed by atoms with E-state index in [1.54, 1.807) is 24.3 Å². The molecule has 0 radical (unpaired) electrons. The normalized spacial score (nSPS) is 10.4. The van der Waals surface area contributed by atoms with Crippen LogP contribution in [0, 0.1) is 0 Å². The molecule has 126 valence electrons. The number of aromatic carboxylic acids is 1. The highest BCUT2D eigenvalue weighted by atomic mass is 16.5. The second-order valence-electron chi connectivity index (χ2n) is 4.82. The molecule has 2 heterocycles. The summed E-state index contributed by atoms with van der Waals surface area (Å²) < 4.78 is 6.97. The zero-order chi connectivity index (χ0) is 17.8. The second kappa shape index (κ2) is 6.74. The van der Waals surface area contributed by atoms with Crippen LogP contribution in [-0.2, 0) is 0 Å². The average Bonchev–Trinajstić information content (AvgIpc) is 3.14. The summed E-state index contributed by atoms with van der Waals surface area (Å²) in [7, 11) is 0. The molecule has 0 unspecified atom stereocenters. The molecule has 0 spiro atoms. The fourth-order valence-electron chi connectivity index (χ4n) is 2.08. The van der Waals surface area contributed by atoms with Gasteiger partial charge in [-0.2, -0.15) is 4.68 Å². The Morgan fingerprint density at radius 3 is 2.92 bits per heavy atom. The molecular weight excluding hydrogens is 328 g/mol. The standard InChI is InChI=1S/C15H12N6O4/c1-2-5-25-12-4-3-9(6-11(12)21-8-17-19-20-21)13-16-7-10(15(23)24)14(22)18-13/h2-4,6-8H,1,5H2,(H,23,24)(H,16,18,22). The Kier molecular flexibility index (Phi) is 4.33. The van der Waals surface area contributed by atoms with E-state index in [1.807, 2.05) is 0 Å². The highest BCUT2D eigenvalue weighted by molar-refractivity contribution is 5.86. The van der Waals surface area contributed by atoms with E-state index in [4.69, 9.17) is 9.84 Å². The summed E-state index contributed by atoms with van der Waals surface area (Å²) >= 11 is 0. The molecule has 0 atom stereocenters. The van der Waals surface area contributed by atoms with Gasteiger partial charge in [-0.15, -0.1) is 5.10 Å². The van der Waals surface area contributed by atoms with Gasteiger partial charge >= 0.3 is 5.97 Å². The maximum atomic E-state index is 11.8. The van der Waals surface area contributed by atoms with Gasteiger partial charge in [-0.3, -0.25) is 4.79 Å². The lowest BCUT2D eigenvalue weighted by Crippen LogP contribution is -2.18. The first-order chi connectivity index (χ1) is 12.1. The van der Waals surface area contributed by atoms with Crippen LogP contribution in [0.3, 0.4) is 0 Å². The lowest BCUT2D eigenvalue weighted by atomic mass is 10.1. The van der Waals surface area contributed by atoms with Gasteiger partial charge in [-0.05, 0) is 28.6 Å². The fourth-order valence-corrected chi connectivity index (χ4v) is 2.08. The van der Waals surface area contributed by atoms with Crippen LogP contribution in [0.5, 0.6) is 5.75 Å². The molecule has 0 saturated heterocycles. The summed E-state index contributed by atoms with van der Waals surface area (Å²) in [5.74, 6) is -0.636. The number of nitrogens with one attached hydrogen (secondary N) is 1. The molecule has 0 fully saturated rings. The summed E-state index contributed by atoms with van der Waals surface area (Å²) in [6.07, 6.45) is 4.00. The number of hydrogen-bond acceptors (Lipinski definition) is 7. The minimum Gasteiger partial charge on any atom is -0.487 e. The third kappa shape index (κ3) is 3.27. The first kappa shape index (κ1) is 16.1. The van der Waals surface area contributed by atoms with Gasteiger partial charge in [0.1, 0.15) is 35.8 Å². The highest BCUT2D eigenvalue weighted by Gasteiger charge is 2.14. The molecule has 1 aromatic carbocycles. The van der Waals surface area contributed by atoms with Crippen molar-refractivity contribution >= 4 is 5.97 Å². The Morgan fingerprint density at radius 1 is 1.44 bits per heavy atom. The van der Waals surface area contributed by atoms with E-state index in [9.17, 15) is 9.59 Å².